The average molecular weight is 362 g/mol. The van der Waals surface area contributed by atoms with Gasteiger partial charge in [0.15, 0.2) is 6.23 Å². The molecule has 0 radical (unpaired) electrons. The van der Waals surface area contributed by atoms with Crippen LogP contribution in [0.15, 0.2) is 24.3 Å². The van der Waals surface area contributed by atoms with Crippen LogP contribution in [0.2, 0.25) is 0 Å². The summed E-state index contributed by atoms with van der Waals surface area (Å²) >= 11 is 0. The number of carbonyl (C=O) groups excluding carboxylic acids is 2. The minimum absolute atomic E-state index is 0. The summed E-state index contributed by atoms with van der Waals surface area (Å²) in [5, 5.41) is 2.84. The fourth-order valence-corrected chi connectivity index (χ4v) is 3.61. The van der Waals surface area contributed by atoms with Gasteiger partial charge in [0, 0.05) is 5.56 Å². The predicted molar refractivity (Wildman–Crippen MR) is 101 cm³/mol. The Kier molecular flexibility index (Phi) is 6.29. The summed E-state index contributed by atoms with van der Waals surface area (Å²) in [7, 11) is 2.15. The van der Waals surface area contributed by atoms with Crippen LogP contribution >= 0.6 is 0 Å². The van der Waals surface area contributed by atoms with Gasteiger partial charge in [-0.2, -0.15) is 0 Å². The summed E-state index contributed by atoms with van der Waals surface area (Å²) in [6.45, 7) is 7.60. The number of rotatable bonds is 5. The first-order valence-corrected chi connectivity index (χ1v) is 9.18. The molecule has 2 aliphatic rings. The van der Waals surface area contributed by atoms with Gasteiger partial charge in [-0.25, -0.2) is 0 Å². The van der Waals surface area contributed by atoms with E-state index >= 15 is 0 Å². The minimum atomic E-state index is -0.434. The van der Waals surface area contributed by atoms with Crippen LogP contribution in [0.3, 0.4) is 0 Å². The van der Waals surface area contributed by atoms with Gasteiger partial charge < -0.3 is 19.9 Å². The Hall–Kier alpha value is -2.08. The second kappa shape index (κ2) is 8.08. The van der Waals surface area contributed by atoms with E-state index in [1.54, 1.807) is 0 Å². The van der Waals surface area contributed by atoms with Crippen LogP contribution in [0.1, 0.15) is 44.5 Å². The van der Waals surface area contributed by atoms with Crippen LogP contribution in [0, 0.1) is 5.41 Å². The molecule has 0 aliphatic carbocycles. The molecule has 0 spiro atoms. The summed E-state index contributed by atoms with van der Waals surface area (Å²) in [4.78, 5) is 27.9. The number of hydrogen-bond donors (Lipinski definition) is 2. The monoisotopic (exact) mass is 362 g/mol. The third-order valence-electron chi connectivity index (χ3n) is 5.74. The number of nitrogens with zero attached hydrogens (tertiary/aromatic N) is 1. The molecule has 0 bridgehead atoms. The molecule has 0 unspecified atom stereocenters. The number of likely N-dealkylation sites (N-methyl/N-ethyl adjacent to an activating group) is 1. The number of piperazine rings is 1. The second-order valence-corrected chi connectivity index (χ2v) is 7.11. The van der Waals surface area contributed by atoms with Crippen molar-refractivity contribution in [3.8, 4) is 5.75 Å². The lowest BCUT2D eigenvalue weighted by Gasteiger charge is -2.47. The van der Waals surface area contributed by atoms with Gasteiger partial charge >= 0.3 is 0 Å². The Morgan fingerprint density at radius 1 is 1.23 bits per heavy atom. The molecule has 1 aromatic carbocycles. The molecule has 0 aromatic heterocycles. The highest BCUT2D eigenvalue weighted by molar-refractivity contribution is 5.94. The molecule has 2 saturated heterocycles. The number of amides is 2. The van der Waals surface area contributed by atoms with E-state index in [9.17, 15) is 9.59 Å². The molecule has 6 heteroatoms. The maximum absolute atomic E-state index is 12.6. The molecule has 1 aromatic rings. The van der Waals surface area contributed by atoms with E-state index in [0.29, 0.717) is 11.3 Å². The van der Waals surface area contributed by atoms with E-state index in [1.807, 2.05) is 43.0 Å². The fraction of sp³-hybridized carbons (Fsp3) is 0.600. The molecule has 0 saturated carbocycles. The topological polar surface area (TPSA) is 63.1 Å². The normalized spacial score (nSPS) is 22.0. The molecule has 3 rings (SSSR count). The molecular weight excluding hydrogens is 330 g/mol. The van der Waals surface area contributed by atoms with Crippen molar-refractivity contribution in [3.05, 3.63) is 29.8 Å². The molecule has 2 heterocycles. The van der Waals surface area contributed by atoms with Crippen molar-refractivity contribution >= 4 is 11.8 Å². The number of quaternary nitrogens is 1. The number of hydrogen-bond acceptors (Lipinski definition) is 3. The molecule has 6 nitrogen and oxygen atoms in total. The van der Waals surface area contributed by atoms with Gasteiger partial charge in [-0.1, -0.05) is 21.3 Å². The first kappa shape index (κ1) is 20.2. The average Bonchev–Trinajstić information content (AvgIpc) is 2.63. The highest BCUT2D eigenvalue weighted by atomic mass is 16.5. The van der Waals surface area contributed by atoms with E-state index < -0.39 is 5.41 Å². The number of carbonyl (C=O) groups is 2. The van der Waals surface area contributed by atoms with Gasteiger partial charge in [-0.15, -0.1) is 0 Å². The molecule has 2 N–H and O–H groups in total. The zero-order valence-corrected chi connectivity index (χ0v) is 15.3. The van der Waals surface area contributed by atoms with E-state index in [0.717, 1.165) is 39.0 Å². The van der Waals surface area contributed by atoms with Gasteiger partial charge in [0.1, 0.15) is 11.2 Å². The van der Waals surface area contributed by atoms with Gasteiger partial charge in [0.25, 0.3) is 5.91 Å². The third-order valence-corrected chi connectivity index (χ3v) is 5.74. The Morgan fingerprint density at radius 3 is 2.31 bits per heavy atom. The predicted octanol–water partition coefficient (Wildman–Crippen LogP) is 0.934. The van der Waals surface area contributed by atoms with E-state index in [2.05, 4.69) is 12.4 Å². The van der Waals surface area contributed by atoms with Crippen LogP contribution in [-0.2, 0) is 4.79 Å². The third kappa shape index (κ3) is 3.56. The van der Waals surface area contributed by atoms with Crippen molar-refractivity contribution in [1.29, 1.82) is 0 Å². The maximum atomic E-state index is 12.6. The summed E-state index contributed by atoms with van der Waals surface area (Å²) < 4.78 is 5.95. The second-order valence-electron chi connectivity index (χ2n) is 7.11. The summed E-state index contributed by atoms with van der Waals surface area (Å²) in [6.07, 6.45) is 1.21. The molecular formula is C20H32N3O3+. The summed E-state index contributed by atoms with van der Waals surface area (Å²) in [5.41, 5.74) is 0.248. The largest absolute Gasteiger partial charge is 0.470 e. The van der Waals surface area contributed by atoms with Gasteiger partial charge in [-0.05, 0) is 37.1 Å². The van der Waals surface area contributed by atoms with Gasteiger partial charge in [-0.3, -0.25) is 9.59 Å². The Balaban J connectivity index is 0.00000243. The molecule has 2 amide bonds. The first-order chi connectivity index (χ1) is 12.0. The van der Waals surface area contributed by atoms with Crippen molar-refractivity contribution in [2.24, 2.45) is 5.41 Å². The highest BCUT2D eigenvalue weighted by Crippen LogP contribution is 2.39. The minimum Gasteiger partial charge on any atom is -0.470 e. The zero-order chi connectivity index (χ0) is 18.0. The maximum Gasteiger partial charge on any atom is 0.254 e. The molecule has 2 aliphatic heterocycles. The molecule has 1 atom stereocenters. The lowest BCUT2D eigenvalue weighted by molar-refractivity contribution is -0.883. The lowest BCUT2D eigenvalue weighted by atomic mass is 9.73. The zero-order valence-electron chi connectivity index (χ0n) is 15.3. The van der Waals surface area contributed by atoms with Crippen LogP contribution in [0.4, 0.5) is 0 Å². The van der Waals surface area contributed by atoms with E-state index in [-0.39, 0.29) is 25.5 Å². The summed E-state index contributed by atoms with van der Waals surface area (Å²) in [6, 6.07) is 7.25. The van der Waals surface area contributed by atoms with E-state index in [4.69, 9.17) is 4.74 Å². The lowest BCUT2D eigenvalue weighted by Crippen LogP contribution is -3.12. The highest BCUT2D eigenvalue weighted by Gasteiger charge is 2.54. The quantitative estimate of drug-likeness (QED) is 0.766. The molecule has 2 fully saturated rings. The van der Waals surface area contributed by atoms with Crippen LogP contribution in [0.25, 0.3) is 0 Å². The Labute approximate surface area is 156 Å². The van der Waals surface area contributed by atoms with Gasteiger partial charge in [0.05, 0.1) is 33.2 Å². The first-order valence-electron chi connectivity index (χ1n) is 9.18. The van der Waals surface area contributed by atoms with Crippen molar-refractivity contribution < 1.29 is 19.2 Å². The molecule has 144 valence electrons. The smallest absolute Gasteiger partial charge is 0.254 e. The van der Waals surface area contributed by atoms with Crippen LogP contribution in [-0.4, -0.2) is 56.2 Å². The van der Waals surface area contributed by atoms with Crippen LogP contribution in [0.5, 0.6) is 5.75 Å². The Bertz CT molecular complexity index is 632. The molecule has 26 heavy (non-hydrogen) atoms. The number of β-lactam (4-membered cyclic amide) rings is 1. The van der Waals surface area contributed by atoms with Crippen molar-refractivity contribution in [2.45, 2.75) is 40.3 Å². The van der Waals surface area contributed by atoms with Crippen molar-refractivity contribution in [3.63, 3.8) is 0 Å². The standard InChI is InChI=1S/C19H27N3O3.CH4/c1-4-19(5-2)17(24)20-18(19)25-15-8-6-14(7-9-15)16(23)22-12-10-21(3)11-13-22;/h6-9,18H,4-5,10-13H2,1-3H3,(H,20,24);1H4/p+1/t18-;/m1./s1. The van der Waals surface area contributed by atoms with E-state index in [1.165, 1.54) is 4.90 Å². The van der Waals surface area contributed by atoms with Crippen molar-refractivity contribution in [1.82, 2.24) is 10.2 Å². The SMILES string of the molecule is C.CCC1(CC)C(=O)N[C@@H]1Oc1ccc(C(=O)N2CC[NH+](C)CC2)cc1. The van der Waals surface area contributed by atoms with Gasteiger partial charge in [0.2, 0.25) is 5.91 Å². The fourth-order valence-electron chi connectivity index (χ4n) is 3.61. The van der Waals surface area contributed by atoms with Crippen molar-refractivity contribution in [2.75, 3.05) is 33.2 Å². The summed E-state index contributed by atoms with van der Waals surface area (Å²) in [5.74, 6) is 0.814. The number of benzene rings is 1. The number of ether oxygens (including phenoxy) is 1. The Morgan fingerprint density at radius 2 is 1.81 bits per heavy atom. The van der Waals surface area contributed by atoms with Crippen LogP contribution < -0.4 is 15.0 Å². The number of nitrogens with one attached hydrogen (secondary N) is 2.